The molecule has 47 heavy (non-hydrogen) atoms. The van der Waals surface area contributed by atoms with E-state index in [1.165, 1.54) is 53.0 Å². The van der Waals surface area contributed by atoms with E-state index < -0.39 is 28.5 Å². The summed E-state index contributed by atoms with van der Waals surface area (Å²) in [6.07, 6.45) is -0.0690. The number of alkyl halides is 3. The molecule has 0 aliphatic rings. The van der Waals surface area contributed by atoms with E-state index in [2.05, 4.69) is 14.9 Å². The fraction of sp³-hybridized carbons (Fsp3) is 0.333. The molecule has 0 aliphatic heterocycles. The number of carbonyl (C=O) groups is 1. The van der Waals surface area contributed by atoms with Gasteiger partial charge in [0.2, 0.25) is 10.8 Å². The van der Waals surface area contributed by atoms with Gasteiger partial charge >= 0.3 is 11.7 Å². The fourth-order valence-corrected chi connectivity index (χ4v) is 6.18. The molecule has 0 bridgehead atoms. The summed E-state index contributed by atoms with van der Waals surface area (Å²) in [4.78, 5) is 38.9. The molecule has 1 atom stereocenters. The third-order valence-corrected chi connectivity index (χ3v) is 9.42. The van der Waals surface area contributed by atoms with Crippen LogP contribution in [0.5, 0.6) is 0 Å². The zero-order valence-corrected chi connectivity index (χ0v) is 27.8. The molecule has 0 aliphatic carbocycles. The van der Waals surface area contributed by atoms with Crippen molar-refractivity contribution in [3.63, 3.8) is 0 Å². The van der Waals surface area contributed by atoms with Crippen molar-refractivity contribution in [3.8, 4) is 11.3 Å². The lowest BCUT2D eigenvalue weighted by molar-refractivity contribution is -0.137. The van der Waals surface area contributed by atoms with E-state index in [1.54, 1.807) is 35.4 Å². The summed E-state index contributed by atoms with van der Waals surface area (Å²) in [5.74, 6) is -0.285. The van der Waals surface area contributed by atoms with Gasteiger partial charge in [0, 0.05) is 37.1 Å². The van der Waals surface area contributed by atoms with Crippen molar-refractivity contribution in [1.82, 2.24) is 24.3 Å². The zero-order valence-electron chi connectivity index (χ0n) is 26.2. The molecular formula is C33H35F4N5O3S2. The molecule has 4 rings (SSSR count). The molecule has 2 heterocycles. The average molecular weight is 690 g/mol. The first-order chi connectivity index (χ1) is 22.4. The summed E-state index contributed by atoms with van der Waals surface area (Å²) in [7, 11) is 0. The van der Waals surface area contributed by atoms with Gasteiger partial charge in [0.1, 0.15) is 18.6 Å². The minimum absolute atomic E-state index is 0.0262. The SMILES string of the molecule is CCN(CC)CCN(Cc1ccc(-c2ccc(C(F)(F)F)cc2)nc1)C(=O)Cn1cc([S+](C)[O-])c(=O)nc1SCc1ccc(F)cc1. The molecule has 0 fully saturated rings. The van der Waals surface area contributed by atoms with E-state index in [-0.39, 0.29) is 34.9 Å². The van der Waals surface area contributed by atoms with Crippen LogP contribution in [0.1, 0.15) is 30.5 Å². The van der Waals surface area contributed by atoms with Crippen LogP contribution in [0.3, 0.4) is 0 Å². The lowest BCUT2D eigenvalue weighted by Gasteiger charge is -2.27. The quantitative estimate of drug-likeness (QED) is 0.0709. The van der Waals surface area contributed by atoms with Crippen LogP contribution in [-0.4, -0.2) is 67.2 Å². The number of hydrogen-bond donors (Lipinski definition) is 0. The fourth-order valence-electron chi connectivity index (χ4n) is 4.69. The van der Waals surface area contributed by atoms with Crippen LogP contribution in [0.15, 0.2) is 87.9 Å². The second-order valence-corrected chi connectivity index (χ2v) is 12.9. The highest BCUT2D eigenvalue weighted by atomic mass is 32.2. The van der Waals surface area contributed by atoms with E-state index in [4.69, 9.17) is 0 Å². The number of pyridine rings is 1. The van der Waals surface area contributed by atoms with Gasteiger partial charge in [0.25, 0.3) is 0 Å². The van der Waals surface area contributed by atoms with Gasteiger partial charge in [0.05, 0.1) is 17.5 Å². The summed E-state index contributed by atoms with van der Waals surface area (Å²) >= 11 is -0.433. The molecule has 2 aromatic carbocycles. The van der Waals surface area contributed by atoms with E-state index in [9.17, 15) is 31.7 Å². The van der Waals surface area contributed by atoms with Crippen molar-refractivity contribution in [1.29, 1.82) is 0 Å². The maximum atomic E-state index is 13.9. The minimum Gasteiger partial charge on any atom is -0.611 e. The van der Waals surface area contributed by atoms with Crippen molar-refractivity contribution < 1.29 is 26.9 Å². The van der Waals surface area contributed by atoms with E-state index in [0.29, 0.717) is 35.7 Å². The van der Waals surface area contributed by atoms with Crippen molar-refractivity contribution in [2.75, 3.05) is 32.4 Å². The number of hydrogen-bond acceptors (Lipinski definition) is 7. The molecule has 0 radical (unpaired) electrons. The van der Waals surface area contributed by atoms with Gasteiger partial charge in [-0.25, -0.2) is 4.39 Å². The number of amides is 1. The van der Waals surface area contributed by atoms with Gasteiger partial charge < -0.3 is 18.9 Å². The van der Waals surface area contributed by atoms with Crippen molar-refractivity contribution in [3.05, 3.63) is 106 Å². The summed E-state index contributed by atoms with van der Waals surface area (Å²) in [5.41, 5.74) is 1.14. The molecule has 14 heteroatoms. The maximum absolute atomic E-state index is 13.9. The Morgan fingerprint density at radius 2 is 1.64 bits per heavy atom. The van der Waals surface area contributed by atoms with Crippen molar-refractivity contribution >= 4 is 28.8 Å². The molecular weight excluding hydrogens is 655 g/mol. The zero-order chi connectivity index (χ0) is 34.1. The average Bonchev–Trinajstić information content (AvgIpc) is 3.05. The van der Waals surface area contributed by atoms with Gasteiger partial charge in [-0.1, -0.05) is 55.9 Å². The van der Waals surface area contributed by atoms with E-state index >= 15 is 0 Å². The number of rotatable bonds is 14. The van der Waals surface area contributed by atoms with Crippen LogP contribution in [-0.2, 0) is 41.0 Å². The van der Waals surface area contributed by atoms with Crippen molar-refractivity contribution in [2.45, 2.75) is 48.9 Å². The Morgan fingerprint density at radius 1 is 0.979 bits per heavy atom. The molecule has 0 saturated carbocycles. The predicted molar refractivity (Wildman–Crippen MR) is 175 cm³/mol. The second kappa shape index (κ2) is 16.4. The summed E-state index contributed by atoms with van der Waals surface area (Å²) in [6, 6.07) is 14.1. The topological polar surface area (TPSA) is 94.4 Å². The lowest BCUT2D eigenvalue weighted by atomic mass is 10.1. The molecule has 0 spiro atoms. The van der Waals surface area contributed by atoms with Crippen LogP contribution in [0.4, 0.5) is 17.6 Å². The van der Waals surface area contributed by atoms with Gasteiger partial charge in [-0.05, 0) is 65.7 Å². The van der Waals surface area contributed by atoms with Gasteiger partial charge in [-0.3, -0.25) is 14.6 Å². The minimum atomic E-state index is -4.43. The Bertz CT molecular complexity index is 1680. The molecule has 4 aromatic rings. The summed E-state index contributed by atoms with van der Waals surface area (Å²) < 4.78 is 66.1. The molecule has 0 N–H and O–H groups in total. The van der Waals surface area contributed by atoms with E-state index in [1.807, 2.05) is 13.8 Å². The van der Waals surface area contributed by atoms with E-state index in [0.717, 1.165) is 30.8 Å². The molecule has 1 amide bonds. The Labute approximate surface area is 278 Å². The number of carbonyl (C=O) groups excluding carboxylic acids is 1. The Balaban J connectivity index is 1.57. The summed E-state index contributed by atoms with van der Waals surface area (Å²) in [6.45, 7) is 6.67. The standard InChI is InChI=1S/C33H35F4N5O3S2/c1-4-40(5-2)16-17-41(19-24-8-15-28(38-18-24)25-9-11-26(12-10-25)33(35,36)37)30(43)21-42-20-29(47(3)45)31(44)39-32(42)46-22-23-6-13-27(34)14-7-23/h6-15,18,20H,4-5,16-17,19,21-22H2,1-3H3. The molecule has 250 valence electrons. The van der Waals surface area contributed by atoms with Gasteiger partial charge in [0.15, 0.2) is 5.16 Å². The largest absolute Gasteiger partial charge is 0.611 e. The molecule has 1 unspecified atom stereocenters. The lowest BCUT2D eigenvalue weighted by Crippen LogP contribution is -2.40. The van der Waals surface area contributed by atoms with Crippen LogP contribution in [0.25, 0.3) is 11.3 Å². The molecule has 8 nitrogen and oxygen atoms in total. The Morgan fingerprint density at radius 3 is 2.21 bits per heavy atom. The third kappa shape index (κ3) is 10.1. The van der Waals surface area contributed by atoms with Crippen LogP contribution >= 0.6 is 11.8 Å². The van der Waals surface area contributed by atoms with Crippen molar-refractivity contribution in [2.24, 2.45) is 0 Å². The summed E-state index contributed by atoms with van der Waals surface area (Å²) in [5, 5.41) is 0.258. The molecule has 0 saturated heterocycles. The number of likely N-dealkylation sites (N-methyl/N-ethyl adjacent to an activating group) is 1. The smallest absolute Gasteiger partial charge is 0.416 e. The predicted octanol–water partition coefficient (Wildman–Crippen LogP) is 5.86. The monoisotopic (exact) mass is 689 g/mol. The van der Waals surface area contributed by atoms with Gasteiger partial charge in [-0.15, -0.1) is 0 Å². The molecule has 2 aromatic heterocycles. The number of thioether (sulfide) groups is 1. The third-order valence-electron chi connectivity index (χ3n) is 7.46. The number of halogens is 4. The first-order valence-electron chi connectivity index (χ1n) is 14.8. The van der Waals surface area contributed by atoms with Crippen LogP contribution < -0.4 is 5.56 Å². The number of aromatic nitrogens is 3. The van der Waals surface area contributed by atoms with Gasteiger partial charge in [-0.2, -0.15) is 18.2 Å². The number of benzene rings is 2. The van der Waals surface area contributed by atoms with Crippen LogP contribution in [0, 0.1) is 5.82 Å². The first-order valence-corrected chi connectivity index (χ1v) is 17.4. The Hall–Kier alpha value is -3.72. The highest BCUT2D eigenvalue weighted by Crippen LogP contribution is 2.30. The van der Waals surface area contributed by atoms with Crippen LogP contribution in [0.2, 0.25) is 0 Å². The Kier molecular flexibility index (Phi) is 12.6. The normalized spacial score (nSPS) is 12.4. The first kappa shape index (κ1) is 36.1. The highest BCUT2D eigenvalue weighted by Gasteiger charge is 2.30. The maximum Gasteiger partial charge on any atom is 0.416 e. The highest BCUT2D eigenvalue weighted by molar-refractivity contribution is 7.98. The number of nitrogens with zero attached hydrogens (tertiary/aromatic N) is 5. The second-order valence-electron chi connectivity index (χ2n) is 10.7.